The number of ether oxygens (including phenoxy) is 2. The van der Waals surface area contributed by atoms with E-state index in [9.17, 15) is 18.4 Å². The molecule has 2 fully saturated rings. The van der Waals surface area contributed by atoms with Crippen LogP contribution in [-0.2, 0) is 14.3 Å². The first-order valence-corrected chi connectivity index (χ1v) is 6.97. The van der Waals surface area contributed by atoms with Gasteiger partial charge in [0, 0.05) is 18.4 Å². The molecule has 0 radical (unpaired) electrons. The molecule has 1 heterocycles. The molecule has 1 spiro atoms. The Morgan fingerprint density at radius 1 is 1.29 bits per heavy atom. The first kappa shape index (κ1) is 16.0. The van der Waals surface area contributed by atoms with Gasteiger partial charge in [-0.1, -0.05) is 0 Å². The highest BCUT2D eigenvalue weighted by Gasteiger charge is 2.72. The molecule has 1 amide bonds. The van der Waals surface area contributed by atoms with Crippen LogP contribution >= 0.6 is 0 Å². The molecule has 1 aliphatic heterocycles. The Labute approximate surface area is 122 Å². The summed E-state index contributed by atoms with van der Waals surface area (Å²) in [5.41, 5.74) is -1.87. The number of likely N-dealkylation sites (tertiary alicyclic amines) is 1. The molecule has 2 atom stereocenters. The number of amides is 1. The molecule has 0 bridgehead atoms. The predicted octanol–water partition coefficient (Wildman–Crippen LogP) is 2.58. The summed E-state index contributed by atoms with van der Waals surface area (Å²) in [5, 5.41) is 0. The van der Waals surface area contributed by atoms with E-state index < -0.39 is 35.0 Å². The van der Waals surface area contributed by atoms with Crippen molar-refractivity contribution in [3.05, 3.63) is 0 Å². The van der Waals surface area contributed by atoms with Gasteiger partial charge in [0.05, 0.1) is 7.11 Å². The monoisotopic (exact) mass is 305 g/mol. The topological polar surface area (TPSA) is 55.8 Å². The first-order chi connectivity index (χ1) is 9.51. The smallest absolute Gasteiger partial charge is 0.411 e. The molecule has 21 heavy (non-hydrogen) atoms. The van der Waals surface area contributed by atoms with Gasteiger partial charge in [0.2, 0.25) is 0 Å². The third kappa shape index (κ3) is 2.96. The van der Waals surface area contributed by atoms with Crippen LogP contribution < -0.4 is 0 Å². The van der Waals surface area contributed by atoms with Gasteiger partial charge in [-0.2, -0.15) is 0 Å². The second-order valence-corrected chi connectivity index (χ2v) is 6.83. The van der Waals surface area contributed by atoms with E-state index in [1.165, 1.54) is 12.0 Å². The van der Waals surface area contributed by atoms with Gasteiger partial charge in [-0.15, -0.1) is 0 Å². The van der Waals surface area contributed by atoms with E-state index in [0.29, 0.717) is 0 Å². The molecule has 2 rings (SSSR count). The number of hydrogen-bond acceptors (Lipinski definition) is 4. The molecule has 1 saturated carbocycles. The molecule has 120 valence electrons. The van der Waals surface area contributed by atoms with Crippen LogP contribution in [0.15, 0.2) is 0 Å². The van der Waals surface area contributed by atoms with Crippen molar-refractivity contribution in [2.24, 2.45) is 5.41 Å². The molecule has 0 N–H and O–H groups in total. The number of rotatable bonds is 1. The molecule has 7 heteroatoms. The summed E-state index contributed by atoms with van der Waals surface area (Å²) in [6.07, 6.45) is -0.800. The molecular formula is C14H21F2NO4. The molecule has 0 aromatic heterocycles. The van der Waals surface area contributed by atoms with Crippen LogP contribution in [0.5, 0.6) is 0 Å². The predicted molar refractivity (Wildman–Crippen MR) is 70.0 cm³/mol. The highest BCUT2D eigenvalue weighted by Crippen LogP contribution is 2.66. The standard InChI is InChI=1S/C14H21F2NO4/c1-12(2,3)21-11(19)17-6-5-13(8-14(13,15)16)7-9(17)10(18)20-4/h9H,5-8H2,1-4H3/t9-,13+/m0/s1. The molecule has 0 unspecified atom stereocenters. The number of carbonyl (C=O) groups is 2. The average molecular weight is 305 g/mol. The third-order valence-corrected chi connectivity index (χ3v) is 4.10. The minimum Gasteiger partial charge on any atom is -0.467 e. The Hall–Kier alpha value is -1.40. The van der Waals surface area contributed by atoms with Crippen LogP contribution in [0.4, 0.5) is 13.6 Å². The Balaban J connectivity index is 2.14. The fourth-order valence-corrected chi connectivity index (χ4v) is 2.83. The van der Waals surface area contributed by atoms with Gasteiger partial charge in [-0.05, 0) is 33.6 Å². The summed E-state index contributed by atoms with van der Waals surface area (Å²) in [7, 11) is 1.18. The second kappa shape index (κ2) is 4.81. The fourth-order valence-electron chi connectivity index (χ4n) is 2.83. The summed E-state index contributed by atoms with van der Waals surface area (Å²) < 4.78 is 36.9. The average Bonchev–Trinajstić information content (AvgIpc) is 2.86. The zero-order chi connectivity index (χ0) is 16.1. The van der Waals surface area contributed by atoms with Crippen LogP contribution in [0.2, 0.25) is 0 Å². The molecule has 5 nitrogen and oxygen atoms in total. The summed E-state index contributed by atoms with van der Waals surface area (Å²) in [5.74, 6) is -3.43. The van der Waals surface area contributed by atoms with E-state index in [4.69, 9.17) is 4.74 Å². The van der Waals surface area contributed by atoms with E-state index in [2.05, 4.69) is 4.74 Å². The van der Waals surface area contributed by atoms with Crippen LogP contribution in [0, 0.1) is 5.41 Å². The van der Waals surface area contributed by atoms with Gasteiger partial charge in [-0.25, -0.2) is 18.4 Å². The fraction of sp³-hybridized carbons (Fsp3) is 0.857. The maximum atomic E-state index is 13.5. The molecule has 0 aromatic rings. The van der Waals surface area contributed by atoms with Crippen molar-refractivity contribution in [1.82, 2.24) is 4.90 Å². The number of piperidine rings is 1. The van der Waals surface area contributed by atoms with Gasteiger partial charge in [-0.3, -0.25) is 4.90 Å². The lowest BCUT2D eigenvalue weighted by atomic mass is 9.87. The lowest BCUT2D eigenvalue weighted by Gasteiger charge is -2.38. The van der Waals surface area contributed by atoms with Crippen molar-refractivity contribution in [1.29, 1.82) is 0 Å². The van der Waals surface area contributed by atoms with Gasteiger partial charge in [0.25, 0.3) is 5.92 Å². The normalized spacial score (nSPS) is 31.0. The van der Waals surface area contributed by atoms with E-state index in [-0.39, 0.29) is 25.8 Å². The highest BCUT2D eigenvalue weighted by molar-refractivity contribution is 5.82. The third-order valence-electron chi connectivity index (χ3n) is 4.10. The summed E-state index contributed by atoms with van der Waals surface area (Å²) in [4.78, 5) is 25.2. The van der Waals surface area contributed by atoms with Gasteiger partial charge in [0.1, 0.15) is 11.6 Å². The minimum atomic E-state index is -2.75. The maximum Gasteiger partial charge on any atom is 0.411 e. The second-order valence-electron chi connectivity index (χ2n) is 6.83. The Bertz CT molecular complexity index is 460. The summed E-state index contributed by atoms with van der Waals surface area (Å²) >= 11 is 0. The SMILES string of the molecule is COC(=O)[C@@H]1C[C@]2(CCN1C(=O)OC(C)(C)C)CC2(F)F. The zero-order valence-corrected chi connectivity index (χ0v) is 12.7. The van der Waals surface area contributed by atoms with Crippen molar-refractivity contribution in [3.63, 3.8) is 0 Å². The van der Waals surface area contributed by atoms with E-state index >= 15 is 0 Å². The van der Waals surface area contributed by atoms with Gasteiger partial charge >= 0.3 is 12.1 Å². The Kier molecular flexibility index (Phi) is 3.66. The largest absolute Gasteiger partial charge is 0.467 e. The van der Waals surface area contributed by atoms with E-state index in [1.54, 1.807) is 20.8 Å². The number of carbonyl (C=O) groups excluding carboxylic acids is 2. The van der Waals surface area contributed by atoms with Crippen LogP contribution in [-0.4, -0.2) is 48.2 Å². The number of methoxy groups -OCH3 is 1. The molecule has 2 aliphatic rings. The van der Waals surface area contributed by atoms with Crippen molar-refractivity contribution in [2.45, 2.75) is 57.6 Å². The molecule has 0 aromatic carbocycles. The zero-order valence-electron chi connectivity index (χ0n) is 12.7. The van der Waals surface area contributed by atoms with Crippen LogP contribution in [0.3, 0.4) is 0 Å². The van der Waals surface area contributed by atoms with E-state index in [1.807, 2.05) is 0 Å². The number of esters is 1. The molecule has 1 aliphatic carbocycles. The number of alkyl halides is 2. The van der Waals surface area contributed by atoms with Crippen molar-refractivity contribution < 1.29 is 27.8 Å². The van der Waals surface area contributed by atoms with Crippen molar-refractivity contribution in [2.75, 3.05) is 13.7 Å². The minimum absolute atomic E-state index is 0.0737. The number of nitrogens with zero attached hydrogens (tertiary/aromatic N) is 1. The van der Waals surface area contributed by atoms with Crippen LogP contribution in [0.25, 0.3) is 0 Å². The number of hydrogen-bond donors (Lipinski definition) is 0. The maximum absolute atomic E-state index is 13.5. The lowest BCUT2D eigenvalue weighted by Crippen LogP contribution is -2.53. The quantitative estimate of drug-likeness (QED) is 0.699. The number of halogens is 2. The first-order valence-electron chi connectivity index (χ1n) is 6.97. The van der Waals surface area contributed by atoms with Crippen molar-refractivity contribution >= 4 is 12.1 Å². The highest BCUT2D eigenvalue weighted by atomic mass is 19.3. The Morgan fingerprint density at radius 2 is 1.86 bits per heavy atom. The lowest BCUT2D eigenvalue weighted by molar-refractivity contribution is -0.150. The van der Waals surface area contributed by atoms with E-state index in [0.717, 1.165) is 0 Å². The molecule has 1 saturated heterocycles. The van der Waals surface area contributed by atoms with Crippen LogP contribution in [0.1, 0.15) is 40.0 Å². The molecular weight excluding hydrogens is 284 g/mol. The summed E-state index contributed by atoms with van der Waals surface area (Å²) in [6, 6.07) is -1.01. The summed E-state index contributed by atoms with van der Waals surface area (Å²) in [6.45, 7) is 5.19. The van der Waals surface area contributed by atoms with Crippen molar-refractivity contribution in [3.8, 4) is 0 Å². The van der Waals surface area contributed by atoms with Gasteiger partial charge in [0.15, 0.2) is 0 Å². The van der Waals surface area contributed by atoms with Gasteiger partial charge < -0.3 is 9.47 Å². The Morgan fingerprint density at radius 3 is 2.29 bits per heavy atom.